The molecule has 0 fully saturated rings. The average Bonchev–Trinajstić information content (AvgIpc) is 2.53. The van der Waals surface area contributed by atoms with Crippen molar-refractivity contribution < 1.29 is 15.0 Å². The lowest BCUT2D eigenvalue weighted by Crippen LogP contribution is -2.38. The van der Waals surface area contributed by atoms with Gasteiger partial charge in [-0.25, -0.2) is 0 Å². The van der Waals surface area contributed by atoms with Crippen LogP contribution in [0.1, 0.15) is 17.2 Å². The van der Waals surface area contributed by atoms with Crippen LogP contribution in [0.3, 0.4) is 0 Å². The number of rotatable bonds is 5. The third-order valence-electron chi connectivity index (χ3n) is 3.02. The van der Waals surface area contributed by atoms with Gasteiger partial charge in [0.1, 0.15) is 6.10 Å². The number of amides is 1. The van der Waals surface area contributed by atoms with E-state index in [1.165, 1.54) is 0 Å². The van der Waals surface area contributed by atoms with Gasteiger partial charge < -0.3 is 15.5 Å². The number of nitrogens with one attached hydrogen (secondary N) is 1. The first-order valence-corrected chi connectivity index (χ1v) is 6.41. The highest BCUT2D eigenvalue weighted by atomic mass is 16.3. The third kappa shape index (κ3) is 3.66. The van der Waals surface area contributed by atoms with Crippen molar-refractivity contribution in [3.05, 3.63) is 71.8 Å². The lowest BCUT2D eigenvalue weighted by molar-refractivity contribution is -0.135. The Kier molecular flexibility index (Phi) is 4.87. The molecule has 0 aliphatic carbocycles. The maximum Gasteiger partial charge on any atom is 0.252 e. The fraction of sp³-hybridized carbons (Fsp3) is 0.188. The Morgan fingerprint density at radius 2 is 1.50 bits per heavy atom. The van der Waals surface area contributed by atoms with Crippen LogP contribution in [0, 0.1) is 0 Å². The van der Waals surface area contributed by atoms with E-state index >= 15 is 0 Å². The zero-order valence-electron chi connectivity index (χ0n) is 10.9. The van der Waals surface area contributed by atoms with E-state index in [-0.39, 0.29) is 0 Å². The van der Waals surface area contributed by atoms with Gasteiger partial charge in [-0.1, -0.05) is 60.7 Å². The van der Waals surface area contributed by atoms with Gasteiger partial charge in [0.15, 0.2) is 6.10 Å². The summed E-state index contributed by atoms with van der Waals surface area (Å²) in [6, 6.07) is 18.0. The van der Waals surface area contributed by atoms with Crippen molar-refractivity contribution in [1.82, 2.24) is 5.32 Å². The van der Waals surface area contributed by atoms with E-state index in [0.29, 0.717) is 12.1 Å². The molecule has 0 saturated carbocycles. The molecule has 0 radical (unpaired) electrons. The second-order valence-corrected chi connectivity index (χ2v) is 4.50. The van der Waals surface area contributed by atoms with E-state index in [4.69, 9.17) is 0 Å². The second-order valence-electron chi connectivity index (χ2n) is 4.50. The minimum atomic E-state index is -1.49. The highest BCUT2D eigenvalue weighted by molar-refractivity contribution is 5.81. The molecule has 4 heteroatoms. The maximum atomic E-state index is 11.8. The number of aliphatic hydroxyl groups is 2. The monoisotopic (exact) mass is 271 g/mol. The van der Waals surface area contributed by atoms with E-state index in [1.54, 1.807) is 30.3 Å². The second kappa shape index (κ2) is 6.84. The zero-order chi connectivity index (χ0) is 14.4. The zero-order valence-corrected chi connectivity index (χ0v) is 10.9. The Labute approximate surface area is 117 Å². The van der Waals surface area contributed by atoms with Gasteiger partial charge >= 0.3 is 0 Å². The van der Waals surface area contributed by atoms with Gasteiger partial charge in [0.25, 0.3) is 5.91 Å². The van der Waals surface area contributed by atoms with Crippen LogP contribution in [0.25, 0.3) is 0 Å². The fourth-order valence-electron chi connectivity index (χ4n) is 1.87. The summed E-state index contributed by atoms with van der Waals surface area (Å²) in [6.45, 7) is 0.318. The highest BCUT2D eigenvalue weighted by Gasteiger charge is 2.25. The van der Waals surface area contributed by atoms with E-state index in [2.05, 4.69) is 5.32 Å². The largest absolute Gasteiger partial charge is 0.385 e. The predicted molar refractivity (Wildman–Crippen MR) is 75.7 cm³/mol. The van der Waals surface area contributed by atoms with Gasteiger partial charge in [-0.3, -0.25) is 4.79 Å². The van der Waals surface area contributed by atoms with Crippen LogP contribution in [0.4, 0.5) is 0 Å². The molecule has 2 rings (SSSR count). The van der Waals surface area contributed by atoms with Crippen molar-refractivity contribution in [3.63, 3.8) is 0 Å². The Morgan fingerprint density at radius 3 is 2.10 bits per heavy atom. The van der Waals surface area contributed by atoms with Gasteiger partial charge in [-0.2, -0.15) is 0 Å². The summed E-state index contributed by atoms with van der Waals surface area (Å²) in [7, 11) is 0. The number of benzene rings is 2. The molecule has 4 nitrogen and oxygen atoms in total. The lowest BCUT2D eigenvalue weighted by Gasteiger charge is -2.17. The molecule has 0 aliphatic rings. The number of carbonyl (C=O) groups is 1. The van der Waals surface area contributed by atoms with Crippen LogP contribution in [-0.2, 0) is 11.3 Å². The molecule has 0 heterocycles. The Hall–Kier alpha value is -2.17. The number of hydrogen-bond donors (Lipinski definition) is 3. The molecule has 1 amide bonds. The first-order chi connectivity index (χ1) is 9.68. The van der Waals surface area contributed by atoms with E-state index in [1.807, 2.05) is 30.3 Å². The van der Waals surface area contributed by atoms with E-state index in [0.717, 1.165) is 5.56 Å². The van der Waals surface area contributed by atoms with Crippen LogP contribution < -0.4 is 5.32 Å². The minimum Gasteiger partial charge on any atom is -0.385 e. The molecule has 0 aliphatic heterocycles. The Bertz CT molecular complexity index is 542. The number of carbonyl (C=O) groups excluding carboxylic acids is 1. The van der Waals surface area contributed by atoms with Crippen LogP contribution in [-0.4, -0.2) is 22.2 Å². The van der Waals surface area contributed by atoms with E-state index in [9.17, 15) is 15.0 Å². The summed E-state index contributed by atoms with van der Waals surface area (Å²) < 4.78 is 0. The molecule has 0 saturated heterocycles. The third-order valence-corrected chi connectivity index (χ3v) is 3.02. The Morgan fingerprint density at radius 1 is 0.950 bits per heavy atom. The lowest BCUT2D eigenvalue weighted by atomic mass is 10.0. The standard InChI is InChI=1S/C16H17NO3/c18-14(13-9-5-2-6-10-13)15(19)16(20)17-11-12-7-3-1-4-8-12/h1-10,14-15,18-19H,11H2,(H,17,20)/t14-,15+/m1/s1. The Balaban J connectivity index is 1.92. The smallest absolute Gasteiger partial charge is 0.252 e. The van der Waals surface area contributed by atoms with Crippen LogP contribution in [0.5, 0.6) is 0 Å². The van der Waals surface area contributed by atoms with Crippen molar-refractivity contribution in [1.29, 1.82) is 0 Å². The molecule has 0 spiro atoms. The van der Waals surface area contributed by atoms with Gasteiger partial charge in [0.2, 0.25) is 0 Å². The molecule has 0 aromatic heterocycles. The molecule has 20 heavy (non-hydrogen) atoms. The molecular formula is C16H17NO3. The predicted octanol–water partition coefficient (Wildman–Crippen LogP) is 1.40. The molecule has 3 N–H and O–H groups in total. The molecule has 2 aromatic rings. The van der Waals surface area contributed by atoms with Crippen molar-refractivity contribution >= 4 is 5.91 Å². The van der Waals surface area contributed by atoms with Crippen molar-refractivity contribution in [2.75, 3.05) is 0 Å². The summed E-state index contributed by atoms with van der Waals surface area (Å²) >= 11 is 0. The van der Waals surface area contributed by atoms with Crippen molar-refractivity contribution in [2.24, 2.45) is 0 Å². The first kappa shape index (κ1) is 14.2. The van der Waals surface area contributed by atoms with Gasteiger partial charge in [-0.15, -0.1) is 0 Å². The maximum absolute atomic E-state index is 11.8. The first-order valence-electron chi connectivity index (χ1n) is 6.41. The summed E-state index contributed by atoms with van der Waals surface area (Å²) in [5.74, 6) is -0.592. The van der Waals surface area contributed by atoms with E-state index < -0.39 is 18.1 Å². The molecule has 0 bridgehead atoms. The topological polar surface area (TPSA) is 69.6 Å². The molecular weight excluding hydrogens is 254 g/mol. The van der Waals surface area contributed by atoms with Crippen molar-refractivity contribution in [3.8, 4) is 0 Å². The quantitative estimate of drug-likeness (QED) is 0.770. The van der Waals surface area contributed by atoms with Crippen LogP contribution in [0.15, 0.2) is 60.7 Å². The normalized spacial score (nSPS) is 13.5. The summed E-state index contributed by atoms with van der Waals surface area (Å²) in [5, 5.41) is 22.4. The minimum absolute atomic E-state index is 0.318. The van der Waals surface area contributed by atoms with Crippen LogP contribution >= 0.6 is 0 Å². The summed E-state index contributed by atoms with van der Waals surface area (Å²) in [4.78, 5) is 11.8. The summed E-state index contributed by atoms with van der Waals surface area (Å²) in [6.07, 6.45) is -2.71. The number of aliphatic hydroxyl groups excluding tert-OH is 2. The molecule has 2 aromatic carbocycles. The average molecular weight is 271 g/mol. The molecule has 0 unspecified atom stereocenters. The summed E-state index contributed by atoms with van der Waals surface area (Å²) in [5.41, 5.74) is 1.44. The SMILES string of the molecule is O=C(NCc1ccccc1)[C@@H](O)[C@H](O)c1ccccc1. The van der Waals surface area contributed by atoms with Gasteiger partial charge in [0, 0.05) is 6.54 Å². The van der Waals surface area contributed by atoms with Gasteiger partial charge in [0.05, 0.1) is 0 Å². The van der Waals surface area contributed by atoms with Crippen molar-refractivity contribution in [2.45, 2.75) is 18.8 Å². The number of hydrogen-bond acceptors (Lipinski definition) is 3. The highest BCUT2D eigenvalue weighted by Crippen LogP contribution is 2.16. The molecule has 104 valence electrons. The van der Waals surface area contributed by atoms with Crippen LogP contribution in [0.2, 0.25) is 0 Å². The molecule has 2 atom stereocenters. The van der Waals surface area contributed by atoms with Gasteiger partial charge in [-0.05, 0) is 11.1 Å². The fourth-order valence-corrected chi connectivity index (χ4v) is 1.87.